The van der Waals surface area contributed by atoms with Crippen LogP contribution in [0.1, 0.15) is 65.9 Å². The van der Waals surface area contributed by atoms with Gasteiger partial charge in [0.25, 0.3) is 11.8 Å². The first kappa shape index (κ1) is 23.7. The largest absolute Gasteiger partial charge is 0.492 e. The molecule has 2 fully saturated rings. The van der Waals surface area contributed by atoms with Crippen molar-refractivity contribution in [1.29, 1.82) is 0 Å². The van der Waals surface area contributed by atoms with Crippen molar-refractivity contribution >= 4 is 11.8 Å². The average Bonchev–Trinajstić information content (AvgIpc) is 3.38. The van der Waals surface area contributed by atoms with Crippen LogP contribution in [0.25, 0.3) is 0 Å². The molecule has 2 amide bonds. The lowest BCUT2D eigenvalue weighted by Gasteiger charge is -2.41. The molecule has 1 spiro atoms. The van der Waals surface area contributed by atoms with E-state index >= 15 is 0 Å². The van der Waals surface area contributed by atoms with E-state index in [1.807, 2.05) is 34.1 Å². The maximum atomic E-state index is 13.4. The van der Waals surface area contributed by atoms with Crippen LogP contribution in [0.4, 0.5) is 0 Å². The predicted molar refractivity (Wildman–Crippen MR) is 130 cm³/mol. The van der Waals surface area contributed by atoms with E-state index in [0.717, 1.165) is 51.5 Å². The van der Waals surface area contributed by atoms with Crippen molar-refractivity contribution in [2.24, 2.45) is 5.41 Å². The zero-order valence-electron chi connectivity index (χ0n) is 20.2. The van der Waals surface area contributed by atoms with Crippen molar-refractivity contribution < 1.29 is 19.1 Å². The number of amides is 2. The minimum Gasteiger partial charge on any atom is -0.492 e. The van der Waals surface area contributed by atoms with Gasteiger partial charge in [-0.3, -0.25) is 9.59 Å². The van der Waals surface area contributed by atoms with Gasteiger partial charge in [0.1, 0.15) is 5.75 Å². The molecule has 8 nitrogen and oxygen atoms in total. The van der Waals surface area contributed by atoms with Crippen LogP contribution in [-0.4, -0.2) is 77.1 Å². The summed E-state index contributed by atoms with van der Waals surface area (Å²) in [5.41, 5.74) is 0.575. The highest BCUT2D eigenvalue weighted by atomic mass is 16.5. The molecule has 0 radical (unpaired) electrons. The maximum Gasteiger partial charge on any atom is 0.291 e. The number of carbonyl (C=O) groups is 2. The number of ether oxygens (including phenoxy) is 2. The van der Waals surface area contributed by atoms with Crippen molar-refractivity contribution in [2.75, 3.05) is 39.5 Å². The summed E-state index contributed by atoms with van der Waals surface area (Å²) in [6, 6.07) is 9.45. The van der Waals surface area contributed by atoms with E-state index in [-0.39, 0.29) is 29.1 Å². The number of hydrogen-bond donors (Lipinski definition) is 0. The second-order valence-corrected chi connectivity index (χ2v) is 9.98. The fraction of sp³-hybridized carbons (Fsp3) is 0.556. The van der Waals surface area contributed by atoms with Crippen LogP contribution >= 0.6 is 0 Å². The van der Waals surface area contributed by atoms with Gasteiger partial charge in [-0.2, -0.15) is 0 Å². The third-order valence-electron chi connectivity index (χ3n) is 7.71. The molecule has 8 heteroatoms. The highest BCUT2D eigenvalue weighted by Crippen LogP contribution is 2.38. The Morgan fingerprint density at radius 3 is 2.60 bits per heavy atom. The summed E-state index contributed by atoms with van der Waals surface area (Å²) in [6.07, 6.45) is 9.92. The smallest absolute Gasteiger partial charge is 0.291 e. The Bertz CT molecular complexity index is 1020. The van der Waals surface area contributed by atoms with Crippen LogP contribution in [0.2, 0.25) is 0 Å². The van der Waals surface area contributed by atoms with Crippen LogP contribution in [0.3, 0.4) is 0 Å². The minimum absolute atomic E-state index is 0.0288. The fourth-order valence-corrected chi connectivity index (χ4v) is 5.56. The summed E-state index contributed by atoms with van der Waals surface area (Å²) in [4.78, 5) is 38.3. The molecule has 3 aliphatic heterocycles. The molecule has 2 saturated heterocycles. The zero-order chi connectivity index (χ0) is 24.1. The van der Waals surface area contributed by atoms with E-state index in [0.29, 0.717) is 44.2 Å². The van der Waals surface area contributed by atoms with Crippen molar-refractivity contribution in [3.8, 4) is 5.75 Å². The Morgan fingerprint density at radius 1 is 0.971 bits per heavy atom. The second-order valence-electron chi connectivity index (χ2n) is 9.98. The Kier molecular flexibility index (Phi) is 7.27. The lowest BCUT2D eigenvalue weighted by atomic mass is 9.75. The molecule has 1 aromatic heterocycles. The summed E-state index contributed by atoms with van der Waals surface area (Å²) in [5.74, 6) is 0.806. The summed E-state index contributed by atoms with van der Waals surface area (Å²) in [5, 5.41) is 0. The number of para-hydroxylation sites is 1. The molecule has 1 atom stereocenters. The highest BCUT2D eigenvalue weighted by molar-refractivity contribution is 5.97. The number of nitrogens with zero attached hydrogens (tertiary/aromatic N) is 4. The lowest BCUT2D eigenvalue weighted by Crippen LogP contribution is -2.46. The molecule has 1 aromatic carbocycles. The van der Waals surface area contributed by atoms with E-state index in [2.05, 4.69) is 9.97 Å². The van der Waals surface area contributed by atoms with Crippen molar-refractivity contribution in [3.05, 3.63) is 54.1 Å². The van der Waals surface area contributed by atoms with E-state index in [1.54, 1.807) is 18.5 Å². The molecule has 0 saturated carbocycles. The molecule has 4 heterocycles. The topological polar surface area (TPSA) is 84.9 Å². The minimum atomic E-state index is -0.119. The Balaban J connectivity index is 1.32. The maximum absolute atomic E-state index is 13.4. The van der Waals surface area contributed by atoms with E-state index in [9.17, 15) is 9.59 Å². The van der Waals surface area contributed by atoms with Crippen LogP contribution in [0.5, 0.6) is 5.75 Å². The average molecular weight is 479 g/mol. The van der Waals surface area contributed by atoms with Gasteiger partial charge < -0.3 is 19.3 Å². The Morgan fingerprint density at radius 2 is 1.77 bits per heavy atom. The number of likely N-dealkylation sites (tertiary alicyclic amines) is 1. The van der Waals surface area contributed by atoms with E-state index < -0.39 is 0 Å². The van der Waals surface area contributed by atoms with Gasteiger partial charge in [-0.15, -0.1) is 0 Å². The van der Waals surface area contributed by atoms with Crippen LogP contribution in [0.15, 0.2) is 42.7 Å². The number of aromatic nitrogens is 2. The number of rotatable bonds is 1. The molecule has 5 rings (SSSR count). The van der Waals surface area contributed by atoms with Gasteiger partial charge in [-0.05, 0) is 56.7 Å². The van der Waals surface area contributed by atoms with Crippen LogP contribution in [0, 0.1) is 5.41 Å². The van der Waals surface area contributed by atoms with Gasteiger partial charge in [0.15, 0.2) is 0 Å². The molecule has 0 unspecified atom stereocenters. The van der Waals surface area contributed by atoms with Crippen LogP contribution < -0.4 is 4.74 Å². The van der Waals surface area contributed by atoms with Gasteiger partial charge in [-0.1, -0.05) is 18.6 Å². The summed E-state index contributed by atoms with van der Waals surface area (Å²) >= 11 is 0. The van der Waals surface area contributed by atoms with Crippen molar-refractivity contribution in [3.63, 3.8) is 0 Å². The molecule has 0 aliphatic carbocycles. The number of hydrogen-bond acceptors (Lipinski definition) is 6. The van der Waals surface area contributed by atoms with Gasteiger partial charge >= 0.3 is 0 Å². The second kappa shape index (κ2) is 10.7. The van der Waals surface area contributed by atoms with Crippen molar-refractivity contribution in [1.82, 2.24) is 19.8 Å². The monoisotopic (exact) mass is 478 g/mol. The third-order valence-corrected chi connectivity index (χ3v) is 7.71. The first-order chi connectivity index (χ1) is 17.2. The zero-order valence-corrected chi connectivity index (χ0v) is 20.2. The number of fused-ring (bicyclic) bond motifs is 2. The molecule has 0 bridgehead atoms. The van der Waals surface area contributed by atoms with Gasteiger partial charge in [0, 0.05) is 44.0 Å². The van der Waals surface area contributed by atoms with E-state index in [4.69, 9.17) is 9.47 Å². The van der Waals surface area contributed by atoms with Gasteiger partial charge in [0.2, 0.25) is 5.82 Å². The number of carbonyl (C=O) groups excluding carboxylic acids is 2. The Labute approximate surface area is 206 Å². The number of benzene rings is 1. The summed E-state index contributed by atoms with van der Waals surface area (Å²) in [7, 11) is 0. The molecule has 186 valence electrons. The standard InChI is InChI=1S/C27H34N4O4/c32-25-22-8-1-2-9-23(22)35-20-27(10-3-4-18-34-19-21-7-5-15-31(21)25)11-16-30(17-12-27)26(33)24-28-13-6-14-29-24/h1-2,6,8-9,13-14,21H,3-5,7,10-12,15-20H2/t21-/m0/s1. The summed E-state index contributed by atoms with van der Waals surface area (Å²) in [6.45, 7) is 3.89. The normalized spacial score (nSPS) is 23.2. The Hall–Kier alpha value is -3.00. The van der Waals surface area contributed by atoms with Gasteiger partial charge in [-0.25, -0.2) is 9.97 Å². The third kappa shape index (κ3) is 5.32. The van der Waals surface area contributed by atoms with Gasteiger partial charge in [0.05, 0.1) is 24.8 Å². The van der Waals surface area contributed by atoms with Crippen LogP contribution in [-0.2, 0) is 4.74 Å². The SMILES string of the molecule is O=C(c1ncccn1)N1CCC2(CCCCOC[C@@H]3CCCN3C(=O)c3ccccc3OC2)CC1. The van der Waals surface area contributed by atoms with Crippen molar-refractivity contribution in [2.45, 2.75) is 51.0 Å². The highest BCUT2D eigenvalue weighted by Gasteiger charge is 2.38. The molecule has 0 N–H and O–H groups in total. The molecule has 2 aromatic rings. The first-order valence-electron chi connectivity index (χ1n) is 12.8. The fourth-order valence-electron chi connectivity index (χ4n) is 5.56. The first-order valence-corrected chi connectivity index (χ1v) is 12.8. The molecular weight excluding hydrogens is 444 g/mol. The molecule has 3 aliphatic rings. The van der Waals surface area contributed by atoms with E-state index in [1.165, 1.54) is 0 Å². The molecule has 35 heavy (non-hydrogen) atoms. The lowest BCUT2D eigenvalue weighted by molar-refractivity contribution is 0.0298. The summed E-state index contributed by atoms with van der Waals surface area (Å²) < 4.78 is 12.4. The predicted octanol–water partition coefficient (Wildman–Crippen LogP) is 3.58. The number of piperidine rings is 1. The quantitative estimate of drug-likeness (QED) is 0.623. The molecular formula is C27H34N4O4.